The molecule has 0 aliphatic rings. The van der Waals surface area contributed by atoms with Crippen LogP contribution in [0, 0.1) is 0 Å². The number of rotatable bonds is 26. The van der Waals surface area contributed by atoms with Crippen LogP contribution >= 0.6 is 15.6 Å². The summed E-state index contributed by atoms with van der Waals surface area (Å²) in [5, 5.41) is 9.94. The van der Waals surface area contributed by atoms with Gasteiger partial charge in [0.15, 0.2) is 12.2 Å². The maximum Gasteiger partial charge on any atom is 0.472 e. The van der Waals surface area contributed by atoms with Gasteiger partial charge in [0.1, 0.15) is 19.3 Å². The van der Waals surface area contributed by atoms with Gasteiger partial charge in [-0.2, -0.15) is 0 Å². The molecule has 0 amide bonds. The summed E-state index contributed by atoms with van der Waals surface area (Å²) >= 11 is 0. The van der Waals surface area contributed by atoms with Gasteiger partial charge in [0.05, 0.1) is 26.4 Å². The zero-order valence-corrected chi connectivity index (χ0v) is 27.4. The normalized spacial score (nSPS) is 16.1. The Morgan fingerprint density at radius 2 is 1.09 bits per heavy atom. The van der Waals surface area contributed by atoms with E-state index in [0.717, 1.165) is 46.0 Å². The van der Waals surface area contributed by atoms with Gasteiger partial charge in [-0.1, -0.05) is 46.0 Å². The van der Waals surface area contributed by atoms with Crippen molar-refractivity contribution in [3.05, 3.63) is 0 Å². The number of phosphoric ester groups is 2. The third kappa shape index (κ3) is 24.4. The lowest BCUT2D eigenvalue weighted by Gasteiger charge is -2.21. The molecule has 0 radical (unpaired) electrons. The van der Waals surface area contributed by atoms with E-state index in [0.29, 0.717) is 6.42 Å². The third-order valence-corrected chi connectivity index (χ3v) is 7.17. The minimum absolute atomic E-state index is 0.0171. The fraction of sp³-hybridized carbons (Fsp3) is 0.840. The summed E-state index contributed by atoms with van der Waals surface area (Å²) in [7, 11) is -9.68. The summed E-state index contributed by atoms with van der Waals surface area (Å²) in [6, 6.07) is 0. The molecule has 0 aromatic heterocycles. The minimum Gasteiger partial charge on any atom is -0.462 e. The zero-order valence-electron chi connectivity index (χ0n) is 25.6. The highest BCUT2D eigenvalue weighted by Gasteiger charge is 2.29. The number of unbranched alkanes of at least 4 members (excludes halogenated alkanes) is 5. The van der Waals surface area contributed by atoms with Crippen LogP contribution in [0.4, 0.5) is 0 Å². The van der Waals surface area contributed by atoms with E-state index in [-0.39, 0.29) is 12.8 Å². The second-order valence-corrected chi connectivity index (χ2v) is 12.4. The molecule has 3 N–H and O–H groups in total. The summed E-state index contributed by atoms with van der Waals surface area (Å²) in [5.74, 6) is -2.67. The molecule has 258 valence electrons. The van der Waals surface area contributed by atoms with Crippen molar-refractivity contribution in [3.8, 4) is 0 Å². The number of esters is 4. The van der Waals surface area contributed by atoms with Crippen molar-refractivity contribution in [2.24, 2.45) is 0 Å². The average molecular weight is 681 g/mol. The fourth-order valence-corrected chi connectivity index (χ4v) is 4.67. The maximum absolute atomic E-state index is 12.2. The van der Waals surface area contributed by atoms with E-state index in [9.17, 15) is 43.2 Å². The standard InChI is InChI=1S/C25H46O17P2/c1-5-7-8-9-10-11-12-25(30)36-16-23(42-24(29)6-2)18-40-44(33,34)38-14-21(28)13-37-43(31,32)39-17-22(41-20(4)27)15-35-19(3)26/h21-23,28H,5-18H2,1-4H3,(H,31,32)(H,33,34)/t21-,22+,23+/m0/s1. The van der Waals surface area contributed by atoms with E-state index in [1.165, 1.54) is 6.92 Å². The molecule has 0 saturated heterocycles. The van der Waals surface area contributed by atoms with Crippen LogP contribution in [0.3, 0.4) is 0 Å². The van der Waals surface area contributed by atoms with Gasteiger partial charge in [-0.05, 0) is 6.42 Å². The van der Waals surface area contributed by atoms with E-state index in [1.54, 1.807) is 0 Å². The van der Waals surface area contributed by atoms with Crippen LogP contribution in [-0.4, -0.2) is 96.7 Å². The molecule has 0 saturated carbocycles. The number of hydrogen-bond acceptors (Lipinski definition) is 15. The third-order valence-electron chi connectivity index (χ3n) is 5.26. The van der Waals surface area contributed by atoms with Gasteiger partial charge < -0.3 is 33.8 Å². The zero-order chi connectivity index (χ0) is 33.6. The van der Waals surface area contributed by atoms with Gasteiger partial charge in [0, 0.05) is 26.7 Å². The van der Waals surface area contributed by atoms with Gasteiger partial charge >= 0.3 is 39.5 Å². The van der Waals surface area contributed by atoms with Gasteiger partial charge in [-0.3, -0.25) is 37.3 Å². The Labute approximate surface area is 257 Å². The lowest BCUT2D eigenvalue weighted by molar-refractivity contribution is -0.161. The molecule has 44 heavy (non-hydrogen) atoms. The molecule has 0 aliphatic carbocycles. The van der Waals surface area contributed by atoms with E-state index < -0.39 is 97.5 Å². The molecule has 17 nitrogen and oxygen atoms in total. The lowest BCUT2D eigenvalue weighted by Crippen LogP contribution is -2.29. The molecule has 5 atom stereocenters. The highest BCUT2D eigenvalue weighted by Crippen LogP contribution is 2.45. The molecule has 0 bridgehead atoms. The number of aliphatic hydroxyl groups excluding tert-OH is 1. The Morgan fingerprint density at radius 1 is 0.614 bits per heavy atom. The highest BCUT2D eigenvalue weighted by atomic mass is 31.2. The average Bonchev–Trinajstić information content (AvgIpc) is 2.95. The second kappa shape index (κ2) is 23.4. The van der Waals surface area contributed by atoms with Crippen molar-refractivity contribution in [1.29, 1.82) is 0 Å². The SMILES string of the molecule is CCCCCCCCC(=O)OC[C@H](COP(=O)(O)OC[C@@H](O)COP(=O)(O)OC[C@@H](COC(C)=O)OC(C)=O)OC(=O)CC. The molecule has 0 heterocycles. The monoisotopic (exact) mass is 680 g/mol. The Kier molecular flexibility index (Phi) is 22.4. The largest absolute Gasteiger partial charge is 0.472 e. The molecule has 0 rings (SSSR count). The summed E-state index contributed by atoms with van der Waals surface area (Å²) < 4.78 is 62.7. The van der Waals surface area contributed by atoms with Crippen LogP contribution < -0.4 is 0 Å². The highest BCUT2D eigenvalue weighted by molar-refractivity contribution is 7.47. The molecular formula is C25H46O17P2. The molecule has 0 fully saturated rings. The van der Waals surface area contributed by atoms with Crippen LogP contribution in [0.15, 0.2) is 0 Å². The van der Waals surface area contributed by atoms with Crippen molar-refractivity contribution in [3.63, 3.8) is 0 Å². The van der Waals surface area contributed by atoms with Crippen molar-refractivity contribution in [1.82, 2.24) is 0 Å². The summed E-state index contributed by atoms with van der Waals surface area (Å²) in [6.45, 7) is 1.69. The number of hydrogen-bond donors (Lipinski definition) is 3. The van der Waals surface area contributed by atoms with Crippen LogP contribution in [0.2, 0.25) is 0 Å². The molecule has 2 unspecified atom stereocenters. The van der Waals surface area contributed by atoms with E-state index in [1.807, 2.05) is 0 Å². The van der Waals surface area contributed by atoms with E-state index >= 15 is 0 Å². The Bertz CT molecular complexity index is 959. The van der Waals surface area contributed by atoms with Gasteiger partial charge in [-0.25, -0.2) is 9.13 Å². The summed E-state index contributed by atoms with van der Waals surface area (Å²) in [4.78, 5) is 65.5. The van der Waals surface area contributed by atoms with Gasteiger partial charge in [-0.15, -0.1) is 0 Å². The first-order chi connectivity index (χ1) is 20.6. The topological polar surface area (TPSA) is 237 Å². The molecule has 0 aromatic carbocycles. The second-order valence-electron chi connectivity index (χ2n) is 9.47. The van der Waals surface area contributed by atoms with Crippen molar-refractivity contribution < 1.29 is 80.2 Å². The van der Waals surface area contributed by atoms with E-state index in [2.05, 4.69) is 25.2 Å². The van der Waals surface area contributed by atoms with Crippen molar-refractivity contribution in [2.45, 2.75) is 97.4 Å². The van der Waals surface area contributed by atoms with Crippen LogP contribution in [0.25, 0.3) is 0 Å². The Morgan fingerprint density at radius 3 is 1.59 bits per heavy atom. The van der Waals surface area contributed by atoms with E-state index in [4.69, 9.17) is 18.7 Å². The summed E-state index contributed by atoms with van der Waals surface area (Å²) in [5.41, 5.74) is 0. The summed E-state index contributed by atoms with van der Waals surface area (Å²) in [6.07, 6.45) is 1.80. The fourth-order valence-electron chi connectivity index (χ4n) is 3.09. The first kappa shape index (κ1) is 42.1. The smallest absolute Gasteiger partial charge is 0.462 e. The number of carbonyl (C=O) groups excluding carboxylic acids is 4. The van der Waals surface area contributed by atoms with Crippen molar-refractivity contribution >= 4 is 39.5 Å². The van der Waals surface area contributed by atoms with Crippen molar-refractivity contribution in [2.75, 3.05) is 39.6 Å². The number of phosphoric acid groups is 2. The Balaban J connectivity index is 4.66. The molecule has 19 heteroatoms. The van der Waals surface area contributed by atoms with Crippen LogP contribution in [-0.2, 0) is 65.4 Å². The van der Waals surface area contributed by atoms with Gasteiger partial charge in [0.2, 0.25) is 0 Å². The lowest BCUT2D eigenvalue weighted by atomic mass is 10.1. The van der Waals surface area contributed by atoms with Crippen LogP contribution in [0.5, 0.6) is 0 Å². The molecule has 0 aliphatic heterocycles. The van der Waals surface area contributed by atoms with Crippen LogP contribution in [0.1, 0.15) is 79.1 Å². The minimum atomic E-state index is -4.85. The molecule has 0 spiro atoms. The predicted molar refractivity (Wildman–Crippen MR) is 151 cm³/mol. The first-order valence-electron chi connectivity index (χ1n) is 14.2. The predicted octanol–water partition coefficient (Wildman–Crippen LogP) is 2.72. The number of carbonyl (C=O) groups is 4. The maximum atomic E-state index is 12.2. The number of aliphatic hydroxyl groups is 1. The molecule has 0 aromatic rings. The number of ether oxygens (including phenoxy) is 4. The quantitative estimate of drug-likeness (QED) is 0.0515. The first-order valence-corrected chi connectivity index (χ1v) is 17.2. The molecular weight excluding hydrogens is 634 g/mol. The van der Waals surface area contributed by atoms with Gasteiger partial charge in [0.25, 0.3) is 0 Å². The Hall–Kier alpha value is -1.94.